The second kappa shape index (κ2) is 5.80. The van der Waals surface area contributed by atoms with Gasteiger partial charge in [-0.3, -0.25) is 19.8 Å². The van der Waals surface area contributed by atoms with Gasteiger partial charge in [-0.2, -0.15) is 0 Å². The number of aliphatic carboxylic acids is 1. The van der Waals surface area contributed by atoms with Crippen LogP contribution in [0.4, 0.5) is 6.01 Å². The maximum atomic E-state index is 12.0. The molecule has 1 aromatic heterocycles. The third-order valence-electron chi connectivity index (χ3n) is 3.22. The molecule has 0 spiro atoms. The predicted molar refractivity (Wildman–Crippen MR) is 73.9 cm³/mol. The molecule has 0 aliphatic heterocycles. The van der Waals surface area contributed by atoms with Crippen molar-refractivity contribution in [3.05, 3.63) is 5.89 Å². The summed E-state index contributed by atoms with van der Waals surface area (Å²) in [5.74, 6) is -0.492. The molecule has 0 saturated heterocycles. The molecule has 1 aliphatic rings. The highest BCUT2D eigenvalue weighted by atomic mass is 16.4. The number of amides is 1. The summed E-state index contributed by atoms with van der Waals surface area (Å²) in [4.78, 5) is 24.4. The lowest BCUT2D eigenvalue weighted by Crippen LogP contribution is -2.48. The second-order valence-electron chi connectivity index (χ2n) is 6.19. The molecule has 2 N–H and O–H groups in total. The Kier molecular flexibility index (Phi) is 4.26. The summed E-state index contributed by atoms with van der Waals surface area (Å²) in [6, 6.07) is 0.0612. The first kappa shape index (κ1) is 15.4. The van der Waals surface area contributed by atoms with Crippen molar-refractivity contribution in [2.45, 2.75) is 45.1 Å². The molecule has 0 atom stereocenters. The van der Waals surface area contributed by atoms with Gasteiger partial charge < -0.3 is 9.52 Å². The molecule has 2 rings (SSSR count). The highest BCUT2D eigenvalue weighted by Crippen LogP contribution is 2.39. The van der Waals surface area contributed by atoms with Crippen molar-refractivity contribution in [2.24, 2.45) is 0 Å². The number of nitrogens with one attached hydrogen (secondary N) is 1. The first-order valence-corrected chi connectivity index (χ1v) is 6.86. The smallest absolute Gasteiger partial charge is 0.322 e. The van der Waals surface area contributed by atoms with E-state index in [9.17, 15) is 9.59 Å². The summed E-state index contributed by atoms with van der Waals surface area (Å²) in [5.41, 5.74) is -0.441. The standard InChI is InChI=1S/C13H20N4O4/c1-13(2,3)17(7-10(19)20)6-9(18)14-12-16-15-11(21-12)8-4-5-8/h8H,4-7H2,1-3H3,(H,19,20)(H,14,16,18). The molecule has 1 aliphatic carbocycles. The Bertz CT molecular complexity index is 531. The number of anilines is 1. The normalized spacial score (nSPS) is 15.2. The molecule has 21 heavy (non-hydrogen) atoms. The molecule has 0 bridgehead atoms. The van der Waals surface area contributed by atoms with Crippen LogP contribution in [0, 0.1) is 0 Å². The van der Waals surface area contributed by atoms with Crippen molar-refractivity contribution >= 4 is 17.9 Å². The Labute approximate surface area is 122 Å². The van der Waals surface area contributed by atoms with E-state index in [2.05, 4.69) is 15.5 Å². The van der Waals surface area contributed by atoms with Crippen molar-refractivity contribution in [3.63, 3.8) is 0 Å². The molecule has 8 heteroatoms. The predicted octanol–water partition coefficient (Wildman–Crippen LogP) is 1.07. The van der Waals surface area contributed by atoms with E-state index in [0.29, 0.717) is 11.8 Å². The number of hydrogen-bond acceptors (Lipinski definition) is 6. The van der Waals surface area contributed by atoms with Crippen LogP contribution in [0.25, 0.3) is 0 Å². The average Bonchev–Trinajstić information content (AvgIpc) is 3.08. The Morgan fingerprint density at radius 1 is 1.33 bits per heavy atom. The van der Waals surface area contributed by atoms with Crippen molar-refractivity contribution in [1.29, 1.82) is 0 Å². The number of carboxylic acids is 1. The Morgan fingerprint density at radius 2 is 2.00 bits per heavy atom. The van der Waals surface area contributed by atoms with Crippen LogP contribution >= 0.6 is 0 Å². The molecule has 0 radical (unpaired) electrons. The van der Waals surface area contributed by atoms with Crippen molar-refractivity contribution in [2.75, 3.05) is 18.4 Å². The number of carboxylic acid groups (broad SMARTS) is 1. The fourth-order valence-corrected chi connectivity index (χ4v) is 1.81. The van der Waals surface area contributed by atoms with E-state index >= 15 is 0 Å². The summed E-state index contributed by atoms with van der Waals surface area (Å²) >= 11 is 0. The minimum atomic E-state index is -0.980. The zero-order valence-electron chi connectivity index (χ0n) is 12.4. The van der Waals surface area contributed by atoms with E-state index in [0.717, 1.165) is 12.8 Å². The number of carbonyl (C=O) groups excluding carboxylic acids is 1. The zero-order valence-corrected chi connectivity index (χ0v) is 12.4. The fourth-order valence-electron chi connectivity index (χ4n) is 1.81. The fraction of sp³-hybridized carbons (Fsp3) is 0.692. The molecule has 0 unspecified atom stereocenters. The zero-order chi connectivity index (χ0) is 15.6. The largest absolute Gasteiger partial charge is 0.480 e. The van der Waals surface area contributed by atoms with Crippen LogP contribution in [0.2, 0.25) is 0 Å². The van der Waals surface area contributed by atoms with Crippen molar-refractivity contribution < 1.29 is 19.1 Å². The van der Waals surface area contributed by atoms with Crippen LogP contribution in [-0.4, -0.2) is 50.7 Å². The van der Waals surface area contributed by atoms with Crippen LogP contribution in [0.1, 0.15) is 45.4 Å². The maximum absolute atomic E-state index is 12.0. The average molecular weight is 296 g/mol. The SMILES string of the molecule is CC(C)(C)N(CC(=O)O)CC(=O)Nc1nnc(C2CC2)o1. The topological polar surface area (TPSA) is 109 Å². The van der Waals surface area contributed by atoms with E-state index in [-0.39, 0.29) is 25.0 Å². The highest BCUT2D eigenvalue weighted by Gasteiger charge is 2.30. The van der Waals surface area contributed by atoms with Gasteiger partial charge in [0, 0.05) is 11.5 Å². The van der Waals surface area contributed by atoms with Gasteiger partial charge >= 0.3 is 12.0 Å². The molecule has 1 heterocycles. The highest BCUT2D eigenvalue weighted by molar-refractivity contribution is 5.90. The van der Waals surface area contributed by atoms with E-state index in [4.69, 9.17) is 9.52 Å². The number of rotatable bonds is 6. The second-order valence-corrected chi connectivity index (χ2v) is 6.19. The lowest BCUT2D eigenvalue weighted by molar-refractivity contribution is -0.140. The van der Waals surface area contributed by atoms with E-state index in [1.54, 1.807) is 4.90 Å². The monoisotopic (exact) mass is 296 g/mol. The third-order valence-corrected chi connectivity index (χ3v) is 3.22. The number of nitrogens with zero attached hydrogens (tertiary/aromatic N) is 3. The first-order chi connectivity index (χ1) is 9.75. The lowest BCUT2D eigenvalue weighted by Gasteiger charge is -2.33. The third kappa shape index (κ3) is 4.52. The molecule has 0 aromatic carbocycles. The van der Waals surface area contributed by atoms with Gasteiger partial charge in [0.05, 0.1) is 13.1 Å². The molecule has 1 fully saturated rings. The van der Waals surface area contributed by atoms with Gasteiger partial charge in [0.1, 0.15) is 0 Å². The van der Waals surface area contributed by atoms with Crippen LogP contribution in [0.3, 0.4) is 0 Å². The molecule has 116 valence electrons. The van der Waals surface area contributed by atoms with Crippen molar-refractivity contribution in [3.8, 4) is 0 Å². The summed E-state index contributed by atoms with van der Waals surface area (Å²) < 4.78 is 5.34. The maximum Gasteiger partial charge on any atom is 0.322 e. The van der Waals surface area contributed by atoms with Crippen LogP contribution in [-0.2, 0) is 9.59 Å². The van der Waals surface area contributed by atoms with Crippen LogP contribution in [0.5, 0.6) is 0 Å². The summed E-state index contributed by atoms with van der Waals surface area (Å²) in [5, 5.41) is 19.0. The van der Waals surface area contributed by atoms with E-state index in [1.165, 1.54) is 0 Å². The molecule has 1 saturated carbocycles. The first-order valence-electron chi connectivity index (χ1n) is 6.86. The van der Waals surface area contributed by atoms with Gasteiger partial charge in [-0.25, -0.2) is 0 Å². The van der Waals surface area contributed by atoms with E-state index in [1.807, 2.05) is 20.8 Å². The van der Waals surface area contributed by atoms with Gasteiger partial charge in [0.15, 0.2) is 0 Å². The number of hydrogen-bond donors (Lipinski definition) is 2. The van der Waals surface area contributed by atoms with Gasteiger partial charge in [-0.15, -0.1) is 5.10 Å². The molecule has 1 amide bonds. The van der Waals surface area contributed by atoms with Crippen molar-refractivity contribution in [1.82, 2.24) is 15.1 Å². The summed E-state index contributed by atoms with van der Waals surface area (Å²) in [6.07, 6.45) is 2.07. The molecule has 1 aromatic rings. The Balaban J connectivity index is 1.92. The van der Waals surface area contributed by atoms with Gasteiger partial charge in [0.25, 0.3) is 0 Å². The van der Waals surface area contributed by atoms with Gasteiger partial charge in [-0.1, -0.05) is 5.10 Å². The Hall–Kier alpha value is -1.96. The molecule has 8 nitrogen and oxygen atoms in total. The molecular weight excluding hydrogens is 276 g/mol. The van der Waals surface area contributed by atoms with E-state index < -0.39 is 11.5 Å². The van der Waals surface area contributed by atoms with Crippen LogP contribution < -0.4 is 5.32 Å². The lowest BCUT2D eigenvalue weighted by atomic mass is 10.1. The number of carbonyl (C=O) groups is 2. The summed E-state index contributed by atoms with van der Waals surface area (Å²) in [6.45, 7) is 5.27. The minimum Gasteiger partial charge on any atom is -0.480 e. The minimum absolute atomic E-state index is 0.0586. The summed E-state index contributed by atoms with van der Waals surface area (Å²) in [7, 11) is 0. The van der Waals surface area contributed by atoms with Gasteiger partial charge in [-0.05, 0) is 33.6 Å². The van der Waals surface area contributed by atoms with Crippen LogP contribution in [0.15, 0.2) is 4.42 Å². The molecular formula is C13H20N4O4. The van der Waals surface area contributed by atoms with Gasteiger partial charge in [0.2, 0.25) is 11.8 Å². The quantitative estimate of drug-likeness (QED) is 0.808. The number of aromatic nitrogens is 2. The Morgan fingerprint density at radius 3 is 2.52 bits per heavy atom.